The third kappa shape index (κ3) is 3.23. The Bertz CT molecular complexity index is 854. The van der Waals surface area contributed by atoms with Crippen molar-refractivity contribution in [1.82, 2.24) is 0 Å². The topological polar surface area (TPSA) is 62.6 Å². The van der Waals surface area contributed by atoms with Crippen molar-refractivity contribution >= 4 is 33.8 Å². The van der Waals surface area contributed by atoms with Gasteiger partial charge in [-0.2, -0.15) is 0 Å². The fourth-order valence-corrected chi connectivity index (χ4v) is 3.30. The molecular weight excluding hydrogens is 324 g/mol. The van der Waals surface area contributed by atoms with Crippen LogP contribution in [0, 0.1) is 6.92 Å². The summed E-state index contributed by atoms with van der Waals surface area (Å²) in [6.07, 6.45) is 1.44. The first kappa shape index (κ1) is 16.0. The number of amides is 2. The zero-order chi connectivity index (χ0) is 17.1. The molecule has 1 N–H and O–H groups in total. The molecule has 2 heterocycles. The minimum atomic E-state index is -0.336. The molecule has 5 nitrogen and oxygen atoms in total. The Balaban J connectivity index is 1.78. The Morgan fingerprint density at radius 1 is 1.12 bits per heavy atom. The molecule has 0 spiro atoms. The number of carbonyl (C=O) groups is 2. The zero-order valence-corrected chi connectivity index (χ0v) is 14.1. The van der Waals surface area contributed by atoms with E-state index in [4.69, 9.17) is 4.42 Å². The van der Waals surface area contributed by atoms with Crippen LogP contribution >= 0.6 is 11.3 Å². The van der Waals surface area contributed by atoms with Crippen LogP contribution in [-0.2, 0) is 0 Å². The zero-order valence-electron chi connectivity index (χ0n) is 13.3. The number of thiophene rings is 1. The maximum Gasteiger partial charge on any atom is 0.291 e. The lowest BCUT2D eigenvalue weighted by atomic mass is 10.2. The van der Waals surface area contributed by atoms with Crippen LogP contribution in [0.2, 0.25) is 0 Å². The lowest BCUT2D eigenvalue weighted by Crippen LogP contribution is -2.25. The molecule has 122 valence electrons. The third-order valence-electron chi connectivity index (χ3n) is 3.54. The smallest absolute Gasteiger partial charge is 0.291 e. The van der Waals surface area contributed by atoms with Gasteiger partial charge < -0.3 is 14.6 Å². The van der Waals surface area contributed by atoms with Crippen molar-refractivity contribution in [3.63, 3.8) is 0 Å². The molecule has 2 amide bonds. The lowest BCUT2D eigenvalue weighted by Gasteiger charge is -2.16. The molecule has 0 aliphatic carbocycles. The van der Waals surface area contributed by atoms with Crippen LogP contribution in [0.1, 0.15) is 25.8 Å². The van der Waals surface area contributed by atoms with Crippen molar-refractivity contribution in [2.45, 2.75) is 6.92 Å². The summed E-state index contributed by atoms with van der Waals surface area (Å²) in [7, 11) is 1.73. The van der Waals surface area contributed by atoms with Gasteiger partial charge in [-0.05, 0) is 42.8 Å². The molecule has 2 aromatic heterocycles. The van der Waals surface area contributed by atoms with Crippen LogP contribution in [0.4, 0.5) is 10.7 Å². The van der Waals surface area contributed by atoms with Gasteiger partial charge in [0.05, 0.1) is 16.1 Å². The van der Waals surface area contributed by atoms with Gasteiger partial charge >= 0.3 is 0 Å². The van der Waals surface area contributed by atoms with Crippen molar-refractivity contribution in [3.8, 4) is 0 Å². The van der Waals surface area contributed by atoms with Crippen LogP contribution in [-0.4, -0.2) is 18.9 Å². The normalized spacial score (nSPS) is 10.4. The van der Waals surface area contributed by atoms with Crippen LogP contribution < -0.4 is 10.2 Å². The van der Waals surface area contributed by atoms with E-state index in [1.54, 1.807) is 30.1 Å². The summed E-state index contributed by atoms with van der Waals surface area (Å²) in [5, 5.41) is 3.36. The number of hydrogen-bond acceptors (Lipinski definition) is 4. The monoisotopic (exact) mass is 340 g/mol. The third-order valence-corrected chi connectivity index (χ3v) is 4.68. The molecule has 0 saturated carbocycles. The largest absolute Gasteiger partial charge is 0.459 e. The van der Waals surface area contributed by atoms with Gasteiger partial charge in [0.2, 0.25) is 0 Å². The summed E-state index contributed by atoms with van der Waals surface area (Å²) in [4.78, 5) is 26.9. The lowest BCUT2D eigenvalue weighted by molar-refractivity contribution is 0.0988. The molecule has 6 heteroatoms. The van der Waals surface area contributed by atoms with Crippen LogP contribution in [0.25, 0.3) is 0 Å². The maximum absolute atomic E-state index is 12.7. The predicted molar refractivity (Wildman–Crippen MR) is 94.9 cm³/mol. The molecule has 3 rings (SSSR count). The van der Waals surface area contributed by atoms with Crippen molar-refractivity contribution in [2.75, 3.05) is 17.3 Å². The molecule has 0 aliphatic rings. The molecular formula is C18H16N2O3S. The van der Waals surface area contributed by atoms with Crippen molar-refractivity contribution in [3.05, 3.63) is 71.0 Å². The van der Waals surface area contributed by atoms with Gasteiger partial charge in [0.25, 0.3) is 11.8 Å². The molecule has 0 fully saturated rings. The number of aryl methyl sites for hydroxylation is 1. The quantitative estimate of drug-likeness (QED) is 0.775. The molecule has 1 aromatic carbocycles. The number of anilines is 2. The number of furan rings is 1. The minimum absolute atomic E-state index is 0.109. The highest BCUT2D eigenvalue weighted by atomic mass is 32.1. The summed E-state index contributed by atoms with van der Waals surface area (Å²) >= 11 is 1.25. The number of rotatable bonds is 4. The van der Waals surface area contributed by atoms with E-state index < -0.39 is 0 Å². The highest BCUT2D eigenvalue weighted by molar-refractivity contribution is 7.18. The van der Waals surface area contributed by atoms with E-state index in [0.717, 1.165) is 11.3 Å². The summed E-state index contributed by atoms with van der Waals surface area (Å²) in [5.41, 5.74) is 1.64. The second-order valence-electron chi connectivity index (χ2n) is 5.25. The van der Waals surface area contributed by atoms with Crippen molar-refractivity contribution in [2.24, 2.45) is 0 Å². The standard InChI is InChI=1S/C18H16N2O3S/c1-12-11-15(19-17(21)14-9-6-10-23-14)24-16(12)18(22)20(2)13-7-4-3-5-8-13/h3-11H,1-2H3,(H,19,21). The highest BCUT2D eigenvalue weighted by Gasteiger charge is 2.20. The van der Waals surface area contributed by atoms with Crippen molar-refractivity contribution < 1.29 is 14.0 Å². The Kier molecular flexibility index (Phi) is 4.48. The number of carbonyl (C=O) groups excluding carboxylic acids is 2. The number of nitrogens with one attached hydrogen (secondary N) is 1. The van der Waals surface area contributed by atoms with Gasteiger partial charge in [-0.25, -0.2) is 0 Å². The number of benzene rings is 1. The fourth-order valence-electron chi connectivity index (χ4n) is 2.26. The summed E-state index contributed by atoms with van der Waals surface area (Å²) in [6, 6.07) is 14.5. The fraction of sp³-hybridized carbons (Fsp3) is 0.111. The number of para-hydroxylation sites is 1. The van der Waals surface area contributed by atoms with Crippen LogP contribution in [0.3, 0.4) is 0 Å². The molecule has 0 radical (unpaired) electrons. The van der Waals surface area contributed by atoms with Crippen molar-refractivity contribution in [1.29, 1.82) is 0 Å². The van der Waals surface area contributed by atoms with Gasteiger partial charge in [0.1, 0.15) is 0 Å². The Labute approximate surface area is 143 Å². The van der Waals surface area contributed by atoms with E-state index >= 15 is 0 Å². The maximum atomic E-state index is 12.7. The first-order valence-electron chi connectivity index (χ1n) is 7.34. The van der Waals surface area contributed by atoms with Crippen LogP contribution in [0.5, 0.6) is 0 Å². The average Bonchev–Trinajstić information content (AvgIpc) is 3.24. The summed E-state index contributed by atoms with van der Waals surface area (Å²) < 4.78 is 5.07. The van der Waals surface area contributed by atoms with Crippen LogP contribution in [0.15, 0.2) is 59.2 Å². The van der Waals surface area contributed by atoms with E-state index in [1.807, 2.05) is 37.3 Å². The summed E-state index contributed by atoms with van der Waals surface area (Å²) in [5.74, 6) is -0.214. The van der Waals surface area contributed by atoms with E-state index in [-0.39, 0.29) is 17.6 Å². The molecule has 3 aromatic rings. The Morgan fingerprint density at radius 2 is 1.88 bits per heavy atom. The average molecular weight is 340 g/mol. The second kappa shape index (κ2) is 6.72. The van der Waals surface area contributed by atoms with Gasteiger partial charge in [-0.3, -0.25) is 9.59 Å². The SMILES string of the molecule is Cc1cc(NC(=O)c2ccco2)sc1C(=O)N(C)c1ccccc1. The van der Waals surface area contributed by atoms with Gasteiger partial charge in [0, 0.05) is 12.7 Å². The van der Waals surface area contributed by atoms with E-state index in [9.17, 15) is 9.59 Å². The molecule has 0 aliphatic heterocycles. The second-order valence-corrected chi connectivity index (χ2v) is 6.31. The van der Waals surface area contributed by atoms with Gasteiger partial charge in [0.15, 0.2) is 5.76 Å². The Morgan fingerprint density at radius 3 is 2.54 bits per heavy atom. The van der Waals surface area contributed by atoms with Gasteiger partial charge in [-0.1, -0.05) is 18.2 Å². The summed E-state index contributed by atoms with van der Waals surface area (Å²) in [6.45, 7) is 1.85. The first-order chi connectivity index (χ1) is 11.6. The van der Waals surface area contributed by atoms with Gasteiger partial charge in [-0.15, -0.1) is 11.3 Å². The van der Waals surface area contributed by atoms with E-state index in [1.165, 1.54) is 17.6 Å². The van der Waals surface area contributed by atoms with E-state index in [2.05, 4.69) is 5.32 Å². The Hall–Kier alpha value is -2.86. The molecule has 0 unspecified atom stereocenters. The number of nitrogens with zero attached hydrogens (tertiary/aromatic N) is 1. The number of hydrogen-bond donors (Lipinski definition) is 1. The minimum Gasteiger partial charge on any atom is -0.459 e. The molecule has 0 bridgehead atoms. The highest BCUT2D eigenvalue weighted by Crippen LogP contribution is 2.29. The first-order valence-corrected chi connectivity index (χ1v) is 8.16. The predicted octanol–water partition coefficient (Wildman–Crippen LogP) is 4.18. The van der Waals surface area contributed by atoms with E-state index in [0.29, 0.717) is 9.88 Å². The molecule has 0 atom stereocenters. The molecule has 24 heavy (non-hydrogen) atoms. The molecule has 0 saturated heterocycles.